The topological polar surface area (TPSA) is 21.3 Å². The first-order valence-electron chi connectivity index (χ1n) is 5.74. The summed E-state index contributed by atoms with van der Waals surface area (Å²) in [6, 6.07) is 6.31. The highest BCUT2D eigenvalue weighted by Gasteiger charge is 2.73. The lowest BCUT2D eigenvalue weighted by atomic mass is 10.1. The number of anilines is 1. The van der Waals surface area contributed by atoms with Crippen molar-refractivity contribution in [3.8, 4) is 0 Å². The third kappa shape index (κ3) is 3.36. The van der Waals surface area contributed by atoms with Crippen LogP contribution >= 0.6 is 0 Å². The van der Waals surface area contributed by atoms with Crippen LogP contribution in [0.3, 0.4) is 0 Å². The van der Waals surface area contributed by atoms with Crippen molar-refractivity contribution < 1.29 is 31.1 Å². The van der Waals surface area contributed by atoms with Crippen molar-refractivity contribution in [1.82, 2.24) is 0 Å². The molecule has 20 heavy (non-hydrogen) atoms. The predicted octanol–water partition coefficient (Wildman–Crippen LogP) is 4.35. The number of halogens is 6. The summed E-state index contributed by atoms with van der Waals surface area (Å²) in [5.74, 6) is 0. The minimum absolute atomic E-state index is 0.0182. The van der Waals surface area contributed by atoms with E-state index in [0.717, 1.165) is 12.1 Å². The molecule has 0 amide bonds. The van der Waals surface area contributed by atoms with Crippen molar-refractivity contribution in [2.24, 2.45) is 0 Å². The van der Waals surface area contributed by atoms with Gasteiger partial charge >= 0.3 is 18.1 Å². The fourth-order valence-corrected chi connectivity index (χ4v) is 1.48. The lowest BCUT2D eigenvalue weighted by molar-refractivity contribution is -0.369. The SMILES string of the molecule is CCCOC(Nc1ccccc1)(C(F)(F)F)C(F)(F)F. The Balaban J connectivity index is 3.23. The molecule has 0 aliphatic carbocycles. The fraction of sp³-hybridized carbons (Fsp3) is 0.500. The minimum atomic E-state index is -5.66. The Kier molecular flexibility index (Phi) is 4.90. The second kappa shape index (κ2) is 5.90. The highest BCUT2D eigenvalue weighted by atomic mass is 19.4. The summed E-state index contributed by atoms with van der Waals surface area (Å²) in [6.45, 7) is 0.735. The maximum Gasteiger partial charge on any atom is 0.446 e. The summed E-state index contributed by atoms with van der Waals surface area (Å²) >= 11 is 0. The monoisotopic (exact) mass is 301 g/mol. The van der Waals surface area contributed by atoms with Crippen molar-refractivity contribution in [1.29, 1.82) is 0 Å². The molecule has 0 saturated heterocycles. The number of rotatable bonds is 5. The van der Waals surface area contributed by atoms with Crippen LogP contribution in [0, 0.1) is 0 Å². The first-order chi connectivity index (χ1) is 9.14. The van der Waals surface area contributed by atoms with Gasteiger partial charge in [0.1, 0.15) is 0 Å². The highest BCUT2D eigenvalue weighted by molar-refractivity contribution is 5.45. The van der Waals surface area contributed by atoms with Crippen molar-refractivity contribution in [3.63, 3.8) is 0 Å². The van der Waals surface area contributed by atoms with Gasteiger partial charge in [0, 0.05) is 12.3 Å². The lowest BCUT2D eigenvalue weighted by Crippen LogP contribution is -2.64. The minimum Gasteiger partial charge on any atom is -0.342 e. The van der Waals surface area contributed by atoms with E-state index in [1.165, 1.54) is 30.4 Å². The van der Waals surface area contributed by atoms with Crippen LogP contribution in [0.4, 0.5) is 32.0 Å². The van der Waals surface area contributed by atoms with E-state index in [1.54, 1.807) is 0 Å². The van der Waals surface area contributed by atoms with Crippen LogP contribution in [0.1, 0.15) is 13.3 Å². The van der Waals surface area contributed by atoms with Gasteiger partial charge < -0.3 is 10.1 Å². The van der Waals surface area contributed by atoms with Gasteiger partial charge in [0.2, 0.25) is 0 Å². The number of para-hydroxylation sites is 1. The third-order valence-electron chi connectivity index (χ3n) is 2.42. The van der Waals surface area contributed by atoms with Gasteiger partial charge in [-0.25, -0.2) is 0 Å². The zero-order valence-electron chi connectivity index (χ0n) is 10.5. The van der Waals surface area contributed by atoms with E-state index in [-0.39, 0.29) is 12.1 Å². The van der Waals surface area contributed by atoms with Gasteiger partial charge in [-0.3, -0.25) is 0 Å². The van der Waals surface area contributed by atoms with Crippen LogP contribution < -0.4 is 5.32 Å². The molecular formula is C12H13F6NO. The van der Waals surface area contributed by atoms with Crippen LogP contribution in [0.5, 0.6) is 0 Å². The van der Waals surface area contributed by atoms with E-state index in [2.05, 4.69) is 4.74 Å². The maximum atomic E-state index is 13.0. The molecule has 0 bridgehead atoms. The van der Waals surface area contributed by atoms with Crippen LogP contribution in [0.25, 0.3) is 0 Å². The van der Waals surface area contributed by atoms with Gasteiger partial charge in [-0.05, 0) is 18.6 Å². The first-order valence-corrected chi connectivity index (χ1v) is 5.74. The van der Waals surface area contributed by atoms with Crippen LogP contribution in [0.2, 0.25) is 0 Å². The molecular weight excluding hydrogens is 288 g/mol. The highest BCUT2D eigenvalue weighted by Crippen LogP contribution is 2.46. The number of benzene rings is 1. The molecule has 0 radical (unpaired) electrons. The molecule has 0 saturated carbocycles. The maximum absolute atomic E-state index is 13.0. The summed E-state index contributed by atoms with van der Waals surface area (Å²) in [7, 11) is 0. The van der Waals surface area contributed by atoms with Crippen molar-refractivity contribution in [2.45, 2.75) is 31.4 Å². The number of ether oxygens (including phenoxy) is 1. The van der Waals surface area contributed by atoms with E-state index < -0.39 is 24.7 Å². The largest absolute Gasteiger partial charge is 0.446 e. The van der Waals surface area contributed by atoms with Crippen LogP contribution in [-0.4, -0.2) is 24.7 Å². The number of alkyl halides is 6. The Hall–Kier alpha value is -1.44. The molecule has 0 aromatic heterocycles. The molecule has 0 aliphatic rings. The molecule has 0 heterocycles. The average Bonchev–Trinajstić information content (AvgIpc) is 2.32. The van der Waals surface area contributed by atoms with Gasteiger partial charge in [0.25, 0.3) is 0 Å². The molecule has 2 nitrogen and oxygen atoms in total. The normalized spacial score (nSPS) is 13.3. The summed E-state index contributed by atoms with van der Waals surface area (Å²) in [4.78, 5) is 0. The Morgan fingerprint density at radius 2 is 1.45 bits per heavy atom. The van der Waals surface area contributed by atoms with E-state index in [1.807, 2.05) is 0 Å². The molecule has 8 heteroatoms. The summed E-state index contributed by atoms with van der Waals surface area (Å²) in [5.41, 5.74) is -4.75. The van der Waals surface area contributed by atoms with Crippen molar-refractivity contribution in [3.05, 3.63) is 30.3 Å². The quantitative estimate of drug-likeness (QED) is 0.645. The van der Waals surface area contributed by atoms with E-state index in [0.29, 0.717) is 0 Å². The Labute approximate surface area is 111 Å². The molecule has 0 unspecified atom stereocenters. The predicted molar refractivity (Wildman–Crippen MR) is 61.1 cm³/mol. The Morgan fingerprint density at radius 1 is 0.950 bits per heavy atom. The summed E-state index contributed by atoms with van der Waals surface area (Å²) in [5, 5.41) is 1.44. The molecule has 0 fully saturated rings. The molecule has 1 aromatic carbocycles. The first kappa shape index (κ1) is 16.6. The van der Waals surface area contributed by atoms with E-state index in [9.17, 15) is 26.3 Å². The van der Waals surface area contributed by atoms with E-state index in [4.69, 9.17) is 0 Å². The molecule has 1 N–H and O–H groups in total. The molecule has 114 valence electrons. The summed E-state index contributed by atoms with van der Waals surface area (Å²) in [6.07, 6.45) is -11.3. The Bertz CT molecular complexity index is 400. The molecule has 0 atom stereocenters. The number of hydrogen-bond donors (Lipinski definition) is 1. The third-order valence-corrected chi connectivity index (χ3v) is 2.42. The molecule has 1 aromatic rings. The van der Waals surface area contributed by atoms with E-state index >= 15 is 0 Å². The van der Waals surface area contributed by atoms with Crippen molar-refractivity contribution >= 4 is 5.69 Å². The van der Waals surface area contributed by atoms with Gasteiger partial charge in [-0.2, -0.15) is 26.3 Å². The van der Waals surface area contributed by atoms with Gasteiger partial charge in [0.05, 0.1) is 0 Å². The zero-order chi connectivity index (χ0) is 15.4. The van der Waals surface area contributed by atoms with Crippen molar-refractivity contribution in [2.75, 3.05) is 11.9 Å². The van der Waals surface area contributed by atoms with Crippen LogP contribution in [0.15, 0.2) is 30.3 Å². The average molecular weight is 301 g/mol. The smallest absolute Gasteiger partial charge is 0.342 e. The lowest BCUT2D eigenvalue weighted by Gasteiger charge is -2.38. The second-order valence-electron chi connectivity index (χ2n) is 4.02. The fourth-order valence-electron chi connectivity index (χ4n) is 1.48. The van der Waals surface area contributed by atoms with Gasteiger partial charge in [0.15, 0.2) is 0 Å². The standard InChI is InChI=1S/C12H13F6NO/c1-2-8-20-10(11(13,14)15,12(16,17)18)19-9-6-4-3-5-7-9/h3-7,19H,2,8H2,1H3. The molecule has 1 rings (SSSR count). The second-order valence-corrected chi connectivity index (χ2v) is 4.02. The Morgan fingerprint density at radius 3 is 1.85 bits per heavy atom. The van der Waals surface area contributed by atoms with Crippen LogP contribution in [-0.2, 0) is 4.74 Å². The summed E-state index contributed by atoms with van der Waals surface area (Å²) < 4.78 is 82.0. The van der Waals surface area contributed by atoms with Gasteiger partial charge in [-0.15, -0.1) is 0 Å². The molecule has 0 spiro atoms. The van der Waals surface area contributed by atoms with Gasteiger partial charge in [-0.1, -0.05) is 25.1 Å². The number of nitrogens with one attached hydrogen (secondary N) is 1. The molecule has 0 aliphatic heterocycles. The number of hydrogen-bond acceptors (Lipinski definition) is 2. The zero-order valence-corrected chi connectivity index (χ0v) is 10.5.